The number of aromatic nitrogens is 2. The highest BCUT2D eigenvalue weighted by Gasteiger charge is 2.15. The van der Waals surface area contributed by atoms with Crippen LogP contribution in [0.1, 0.15) is 31.8 Å². The second-order valence-corrected chi connectivity index (χ2v) is 6.63. The molecule has 1 amide bonds. The summed E-state index contributed by atoms with van der Waals surface area (Å²) in [5.74, 6) is -0.385. The van der Waals surface area contributed by atoms with Crippen LogP contribution in [0.2, 0.25) is 0 Å². The van der Waals surface area contributed by atoms with Crippen molar-refractivity contribution < 1.29 is 9.59 Å². The summed E-state index contributed by atoms with van der Waals surface area (Å²) in [6.07, 6.45) is 5.37. The first-order chi connectivity index (χ1) is 14.2. The number of carbonyl (C=O) groups excluding carboxylic acids is 2. The minimum Gasteiger partial charge on any atom is -0.333 e. The van der Waals surface area contributed by atoms with Crippen molar-refractivity contribution in [1.29, 1.82) is 0 Å². The van der Waals surface area contributed by atoms with Crippen molar-refractivity contribution in [2.75, 3.05) is 5.32 Å². The molecule has 0 aliphatic carbocycles. The molecule has 1 N–H and O–H groups in total. The zero-order valence-corrected chi connectivity index (χ0v) is 15.7. The average molecular weight is 381 g/mol. The van der Waals surface area contributed by atoms with Crippen molar-refractivity contribution in [3.8, 4) is 0 Å². The summed E-state index contributed by atoms with van der Waals surface area (Å²) in [6.45, 7) is 0.691. The highest BCUT2D eigenvalue weighted by Crippen LogP contribution is 2.20. The highest BCUT2D eigenvalue weighted by molar-refractivity contribution is 6.15. The Bertz CT molecular complexity index is 1120. The van der Waals surface area contributed by atoms with Gasteiger partial charge in [-0.3, -0.25) is 9.59 Å². The van der Waals surface area contributed by atoms with Crippen LogP contribution < -0.4 is 5.32 Å². The molecule has 4 aromatic rings. The van der Waals surface area contributed by atoms with Gasteiger partial charge in [-0.15, -0.1) is 0 Å². The number of para-hydroxylation sites is 1. The normalized spacial score (nSPS) is 10.5. The van der Waals surface area contributed by atoms with E-state index in [-0.39, 0.29) is 11.7 Å². The summed E-state index contributed by atoms with van der Waals surface area (Å²) in [5.41, 5.74) is 3.14. The maximum absolute atomic E-state index is 12.8. The Balaban J connectivity index is 1.51. The third-order valence-corrected chi connectivity index (χ3v) is 4.60. The van der Waals surface area contributed by atoms with Crippen LogP contribution in [-0.4, -0.2) is 21.2 Å². The third-order valence-electron chi connectivity index (χ3n) is 4.60. The van der Waals surface area contributed by atoms with Gasteiger partial charge in [-0.2, -0.15) is 0 Å². The number of benzene rings is 3. The lowest BCUT2D eigenvalue weighted by atomic mass is 10.0. The van der Waals surface area contributed by atoms with Crippen LogP contribution in [0, 0.1) is 0 Å². The van der Waals surface area contributed by atoms with Crippen molar-refractivity contribution >= 4 is 17.4 Å². The van der Waals surface area contributed by atoms with Crippen molar-refractivity contribution in [2.45, 2.75) is 6.54 Å². The van der Waals surface area contributed by atoms with Gasteiger partial charge in [-0.1, -0.05) is 54.6 Å². The van der Waals surface area contributed by atoms with Crippen LogP contribution >= 0.6 is 0 Å². The molecule has 0 saturated heterocycles. The van der Waals surface area contributed by atoms with Gasteiger partial charge in [0.1, 0.15) is 0 Å². The molecule has 0 unspecified atom stereocenters. The number of nitrogens with one attached hydrogen (secondary N) is 1. The van der Waals surface area contributed by atoms with Crippen LogP contribution in [0.5, 0.6) is 0 Å². The molecule has 0 spiro atoms. The summed E-state index contributed by atoms with van der Waals surface area (Å²) in [4.78, 5) is 29.6. The first-order valence-electron chi connectivity index (χ1n) is 9.25. The van der Waals surface area contributed by atoms with Crippen molar-refractivity contribution in [3.05, 3.63) is 120 Å². The fourth-order valence-corrected chi connectivity index (χ4v) is 3.08. The Kier molecular flexibility index (Phi) is 5.29. The molecule has 0 fully saturated rings. The molecule has 0 aliphatic rings. The van der Waals surface area contributed by atoms with Gasteiger partial charge in [0.2, 0.25) is 0 Å². The number of imidazole rings is 1. The van der Waals surface area contributed by atoms with Gasteiger partial charge in [0, 0.05) is 35.6 Å². The number of rotatable bonds is 6. The monoisotopic (exact) mass is 381 g/mol. The summed E-state index contributed by atoms with van der Waals surface area (Å²) in [6, 6.07) is 23.5. The van der Waals surface area contributed by atoms with Crippen LogP contribution in [0.4, 0.5) is 5.69 Å². The second-order valence-electron chi connectivity index (χ2n) is 6.63. The van der Waals surface area contributed by atoms with E-state index in [9.17, 15) is 9.59 Å². The predicted octanol–water partition coefficient (Wildman–Crippen LogP) is 4.41. The first-order valence-corrected chi connectivity index (χ1v) is 9.25. The number of ketones is 1. The van der Waals surface area contributed by atoms with Gasteiger partial charge in [-0.05, 0) is 29.8 Å². The van der Waals surface area contributed by atoms with Crippen LogP contribution in [0.15, 0.2) is 97.6 Å². The molecule has 5 heteroatoms. The summed E-state index contributed by atoms with van der Waals surface area (Å²) in [7, 11) is 0. The number of amides is 1. The minimum absolute atomic E-state index is 0.128. The lowest BCUT2D eigenvalue weighted by molar-refractivity contribution is 0.102. The fourth-order valence-electron chi connectivity index (χ4n) is 3.08. The standard InChI is InChI=1S/C24H19N3O2/c28-23(19-6-2-1-3-7-19)21-8-4-5-9-22(21)26-24(29)20-12-10-18(11-13-20)16-27-15-14-25-17-27/h1-15,17H,16H2,(H,26,29). The Hall–Kier alpha value is -3.99. The maximum atomic E-state index is 12.8. The number of hydrogen-bond donors (Lipinski definition) is 1. The van der Waals surface area contributed by atoms with Crippen molar-refractivity contribution in [3.63, 3.8) is 0 Å². The van der Waals surface area contributed by atoms with E-state index in [1.807, 2.05) is 41.1 Å². The molecule has 0 atom stereocenters. The molecule has 4 rings (SSSR count). The van der Waals surface area contributed by atoms with Crippen LogP contribution in [0.25, 0.3) is 0 Å². The average Bonchev–Trinajstić information content (AvgIpc) is 3.28. The number of hydrogen-bond acceptors (Lipinski definition) is 3. The molecule has 0 aliphatic heterocycles. The highest BCUT2D eigenvalue weighted by atomic mass is 16.1. The zero-order chi connectivity index (χ0) is 20.1. The molecule has 1 aromatic heterocycles. The lowest BCUT2D eigenvalue weighted by Gasteiger charge is -2.11. The fraction of sp³-hybridized carbons (Fsp3) is 0.0417. The van der Waals surface area contributed by atoms with E-state index < -0.39 is 0 Å². The van der Waals surface area contributed by atoms with Gasteiger partial charge < -0.3 is 9.88 Å². The van der Waals surface area contributed by atoms with Gasteiger partial charge in [0.25, 0.3) is 5.91 Å². The Morgan fingerprint density at radius 2 is 1.55 bits per heavy atom. The molecular formula is C24H19N3O2. The van der Waals surface area contributed by atoms with Gasteiger partial charge in [-0.25, -0.2) is 4.98 Å². The van der Waals surface area contributed by atoms with E-state index in [0.29, 0.717) is 28.9 Å². The Morgan fingerprint density at radius 3 is 2.28 bits per heavy atom. The molecule has 0 radical (unpaired) electrons. The van der Waals surface area contributed by atoms with Gasteiger partial charge >= 0.3 is 0 Å². The SMILES string of the molecule is O=C(Nc1ccccc1C(=O)c1ccccc1)c1ccc(Cn2ccnc2)cc1. The molecule has 142 valence electrons. The lowest BCUT2D eigenvalue weighted by Crippen LogP contribution is -2.15. The predicted molar refractivity (Wildman–Crippen MR) is 112 cm³/mol. The van der Waals surface area contributed by atoms with E-state index in [0.717, 1.165) is 5.56 Å². The molecule has 0 bridgehead atoms. The number of carbonyl (C=O) groups is 2. The summed E-state index contributed by atoms with van der Waals surface area (Å²) < 4.78 is 1.96. The minimum atomic E-state index is -0.257. The smallest absolute Gasteiger partial charge is 0.255 e. The summed E-state index contributed by atoms with van der Waals surface area (Å²) in [5, 5.41) is 2.87. The maximum Gasteiger partial charge on any atom is 0.255 e. The molecule has 0 saturated carbocycles. The van der Waals surface area contributed by atoms with Crippen molar-refractivity contribution in [1.82, 2.24) is 9.55 Å². The molecule has 3 aromatic carbocycles. The Labute approximate surface area is 168 Å². The summed E-state index contributed by atoms with van der Waals surface area (Å²) >= 11 is 0. The Morgan fingerprint density at radius 1 is 0.828 bits per heavy atom. The van der Waals surface area contributed by atoms with Gasteiger partial charge in [0.05, 0.1) is 12.0 Å². The van der Waals surface area contributed by atoms with Crippen LogP contribution in [-0.2, 0) is 6.54 Å². The topological polar surface area (TPSA) is 64.0 Å². The van der Waals surface area contributed by atoms with Crippen LogP contribution in [0.3, 0.4) is 0 Å². The second kappa shape index (κ2) is 8.35. The molecular weight excluding hydrogens is 362 g/mol. The number of anilines is 1. The van der Waals surface area contributed by atoms with E-state index in [2.05, 4.69) is 10.3 Å². The van der Waals surface area contributed by atoms with Gasteiger partial charge in [0.15, 0.2) is 5.78 Å². The first kappa shape index (κ1) is 18.4. The third kappa shape index (κ3) is 4.30. The van der Waals surface area contributed by atoms with E-state index >= 15 is 0 Å². The number of nitrogens with zero attached hydrogens (tertiary/aromatic N) is 2. The van der Waals surface area contributed by atoms with E-state index in [1.165, 1.54) is 0 Å². The zero-order valence-electron chi connectivity index (χ0n) is 15.7. The molecule has 29 heavy (non-hydrogen) atoms. The van der Waals surface area contributed by atoms with E-state index in [4.69, 9.17) is 0 Å². The largest absolute Gasteiger partial charge is 0.333 e. The van der Waals surface area contributed by atoms with E-state index in [1.54, 1.807) is 61.1 Å². The molecule has 1 heterocycles. The van der Waals surface area contributed by atoms with Crippen molar-refractivity contribution in [2.24, 2.45) is 0 Å². The quantitative estimate of drug-likeness (QED) is 0.503. The molecule has 5 nitrogen and oxygen atoms in total.